The Kier molecular flexibility index (Phi) is 5.30. The molecule has 1 aromatic rings. The fourth-order valence-electron chi connectivity index (χ4n) is 2.28. The van der Waals surface area contributed by atoms with Crippen LogP contribution < -0.4 is 5.32 Å². The first kappa shape index (κ1) is 16.3. The van der Waals surface area contributed by atoms with Gasteiger partial charge >= 0.3 is 0 Å². The Balaban J connectivity index is 1.95. The summed E-state index contributed by atoms with van der Waals surface area (Å²) in [5.41, 5.74) is 1.20. The van der Waals surface area contributed by atoms with Crippen LogP contribution in [0.25, 0.3) is 0 Å². The maximum atomic E-state index is 5.82. The summed E-state index contributed by atoms with van der Waals surface area (Å²) < 4.78 is 5.82. The molecule has 0 aromatic carbocycles. The van der Waals surface area contributed by atoms with Crippen LogP contribution in [0, 0.1) is 0 Å². The summed E-state index contributed by atoms with van der Waals surface area (Å²) in [6.07, 6.45) is 3.79. The van der Waals surface area contributed by atoms with Crippen molar-refractivity contribution < 1.29 is 4.74 Å². The van der Waals surface area contributed by atoms with E-state index in [9.17, 15) is 0 Å². The number of aromatic nitrogens is 2. The van der Waals surface area contributed by atoms with Gasteiger partial charge in [-0.25, -0.2) is 9.97 Å². The minimum atomic E-state index is -0.00854. The molecule has 1 atom stereocenters. The molecule has 1 aromatic heterocycles. The quantitative estimate of drug-likeness (QED) is 0.921. The first-order chi connectivity index (χ1) is 9.85. The highest BCUT2D eigenvalue weighted by Crippen LogP contribution is 2.20. The van der Waals surface area contributed by atoms with Gasteiger partial charge in [0.2, 0.25) is 0 Å². The summed E-state index contributed by atoms with van der Waals surface area (Å²) >= 11 is 0. The van der Waals surface area contributed by atoms with Crippen molar-refractivity contribution >= 4 is 0 Å². The molecule has 0 bridgehead atoms. The van der Waals surface area contributed by atoms with Crippen molar-refractivity contribution in [1.82, 2.24) is 20.2 Å². The van der Waals surface area contributed by atoms with Crippen molar-refractivity contribution in [3.63, 3.8) is 0 Å². The lowest BCUT2D eigenvalue weighted by molar-refractivity contribution is -0.0443. The molecule has 1 unspecified atom stereocenters. The number of nitrogens with zero attached hydrogens (tertiary/aromatic N) is 3. The normalized spacial score (nSPS) is 21.0. The molecule has 0 radical (unpaired) electrons. The van der Waals surface area contributed by atoms with E-state index < -0.39 is 0 Å². The smallest absolute Gasteiger partial charge is 0.158 e. The molecule has 0 amide bonds. The summed E-state index contributed by atoms with van der Waals surface area (Å²) in [4.78, 5) is 11.4. The van der Waals surface area contributed by atoms with E-state index >= 15 is 0 Å². The third kappa shape index (κ3) is 5.02. The van der Waals surface area contributed by atoms with Crippen LogP contribution in [-0.4, -0.2) is 46.1 Å². The van der Waals surface area contributed by atoms with Gasteiger partial charge in [-0.3, -0.25) is 4.90 Å². The summed E-state index contributed by atoms with van der Waals surface area (Å²) in [6.45, 7) is 14.3. The van der Waals surface area contributed by atoms with Crippen LogP contribution in [0.2, 0.25) is 0 Å². The minimum absolute atomic E-state index is 0.00854. The molecule has 1 aliphatic rings. The topological polar surface area (TPSA) is 50.3 Å². The Morgan fingerprint density at radius 2 is 2.00 bits per heavy atom. The number of hydrogen-bond donors (Lipinski definition) is 1. The second-order valence-corrected chi connectivity index (χ2v) is 7.00. The van der Waals surface area contributed by atoms with E-state index in [2.05, 4.69) is 54.8 Å². The van der Waals surface area contributed by atoms with Gasteiger partial charge in [-0.15, -0.1) is 0 Å². The number of ether oxygens (including phenoxy) is 1. The van der Waals surface area contributed by atoms with Crippen LogP contribution in [0.1, 0.15) is 52.1 Å². The number of morpholine rings is 1. The molecule has 1 saturated heterocycles. The Hall–Kier alpha value is -1.04. The molecule has 2 rings (SSSR count). The molecular formula is C16H28N4O. The van der Waals surface area contributed by atoms with E-state index in [1.807, 2.05) is 12.4 Å². The highest BCUT2D eigenvalue weighted by molar-refractivity contribution is 5.07. The number of hydrogen-bond acceptors (Lipinski definition) is 5. The van der Waals surface area contributed by atoms with Gasteiger partial charge in [-0.2, -0.15) is 0 Å². The lowest BCUT2D eigenvalue weighted by Crippen LogP contribution is -2.42. The summed E-state index contributed by atoms with van der Waals surface area (Å²) in [5.74, 6) is 0.792. The molecule has 5 nitrogen and oxygen atoms in total. The van der Waals surface area contributed by atoms with Gasteiger partial charge in [0.15, 0.2) is 5.82 Å². The second-order valence-electron chi connectivity index (χ2n) is 7.00. The SMILES string of the molecule is CC(C)N1CCOC(c2ncc(CNC(C)(C)C)cn2)C1. The molecule has 21 heavy (non-hydrogen) atoms. The molecule has 1 aliphatic heterocycles. The third-order valence-corrected chi connectivity index (χ3v) is 3.66. The summed E-state index contributed by atoms with van der Waals surface area (Å²) in [7, 11) is 0. The van der Waals surface area contributed by atoms with E-state index in [-0.39, 0.29) is 11.6 Å². The van der Waals surface area contributed by atoms with Gasteiger partial charge in [0.05, 0.1) is 6.61 Å². The Bertz CT molecular complexity index is 439. The lowest BCUT2D eigenvalue weighted by atomic mass is 10.1. The van der Waals surface area contributed by atoms with Crippen LogP contribution in [0.5, 0.6) is 0 Å². The average molecular weight is 292 g/mol. The van der Waals surface area contributed by atoms with Crippen molar-refractivity contribution in [2.75, 3.05) is 19.7 Å². The van der Waals surface area contributed by atoms with Gasteiger partial charge in [0.1, 0.15) is 6.10 Å². The van der Waals surface area contributed by atoms with Gasteiger partial charge in [0, 0.05) is 49.2 Å². The van der Waals surface area contributed by atoms with E-state index in [0.717, 1.165) is 37.6 Å². The zero-order valence-corrected chi connectivity index (χ0v) is 13.9. The van der Waals surface area contributed by atoms with Crippen LogP contribution in [0.15, 0.2) is 12.4 Å². The molecule has 1 fully saturated rings. The molecule has 5 heteroatoms. The van der Waals surface area contributed by atoms with Gasteiger partial charge in [-0.05, 0) is 34.6 Å². The van der Waals surface area contributed by atoms with Gasteiger partial charge < -0.3 is 10.1 Å². The van der Waals surface area contributed by atoms with Crippen LogP contribution in [0.4, 0.5) is 0 Å². The lowest BCUT2D eigenvalue weighted by Gasteiger charge is -2.34. The molecule has 118 valence electrons. The predicted molar refractivity (Wildman–Crippen MR) is 84.0 cm³/mol. The Morgan fingerprint density at radius 3 is 2.57 bits per heavy atom. The predicted octanol–water partition coefficient (Wildman–Crippen LogP) is 2.15. The number of nitrogens with one attached hydrogen (secondary N) is 1. The van der Waals surface area contributed by atoms with E-state index in [1.165, 1.54) is 0 Å². The van der Waals surface area contributed by atoms with Crippen molar-refractivity contribution in [3.05, 3.63) is 23.8 Å². The van der Waals surface area contributed by atoms with E-state index in [1.54, 1.807) is 0 Å². The zero-order valence-electron chi connectivity index (χ0n) is 13.9. The van der Waals surface area contributed by atoms with Crippen LogP contribution in [-0.2, 0) is 11.3 Å². The maximum Gasteiger partial charge on any atom is 0.158 e. The Labute approximate surface area is 128 Å². The standard InChI is InChI=1S/C16H28N4O/c1-12(2)20-6-7-21-14(11-20)15-17-8-13(9-18-15)10-19-16(3,4)5/h8-9,12,14,19H,6-7,10-11H2,1-5H3. The molecule has 0 spiro atoms. The summed E-state index contributed by atoms with van der Waals surface area (Å²) in [5, 5.41) is 3.44. The monoisotopic (exact) mass is 292 g/mol. The average Bonchev–Trinajstić information content (AvgIpc) is 2.45. The largest absolute Gasteiger partial charge is 0.368 e. The van der Waals surface area contributed by atoms with E-state index in [4.69, 9.17) is 4.74 Å². The van der Waals surface area contributed by atoms with Crippen LogP contribution >= 0.6 is 0 Å². The zero-order chi connectivity index (χ0) is 15.5. The Morgan fingerprint density at radius 1 is 1.33 bits per heavy atom. The summed E-state index contributed by atoms with van der Waals surface area (Å²) in [6, 6.07) is 0.534. The maximum absolute atomic E-state index is 5.82. The van der Waals surface area contributed by atoms with Gasteiger partial charge in [0.25, 0.3) is 0 Å². The highest BCUT2D eigenvalue weighted by atomic mass is 16.5. The molecule has 0 aliphatic carbocycles. The van der Waals surface area contributed by atoms with Crippen molar-refractivity contribution in [3.8, 4) is 0 Å². The fraction of sp³-hybridized carbons (Fsp3) is 0.750. The first-order valence-corrected chi connectivity index (χ1v) is 7.76. The van der Waals surface area contributed by atoms with Crippen LogP contribution in [0.3, 0.4) is 0 Å². The second kappa shape index (κ2) is 6.81. The van der Waals surface area contributed by atoms with Crippen molar-refractivity contribution in [2.24, 2.45) is 0 Å². The molecule has 0 saturated carbocycles. The van der Waals surface area contributed by atoms with E-state index in [0.29, 0.717) is 6.04 Å². The minimum Gasteiger partial charge on any atom is -0.368 e. The first-order valence-electron chi connectivity index (χ1n) is 7.76. The highest BCUT2D eigenvalue weighted by Gasteiger charge is 2.25. The fourth-order valence-corrected chi connectivity index (χ4v) is 2.28. The van der Waals surface area contributed by atoms with Gasteiger partial charge in [-0.1, -0.05) is 0 Å². The molecule has 1 N–H and O–H groups in total. The van der Waals surface area contributed by atoms with Crippen molar-refractivity contribution in [2.45, 2.75) is 58.8 Å². The third-order valence-electron chi connectivity index (χ3n) is 3.66. The molecular weight excluding hydrogens is 264 g/mol. The molecule has 2 heterocycles. The van der Waals surface area contributed by atoms with Crippen molar-refractivity contribution in [1.29, 1.82) is 0 Å². The number of rotatable bonds is 4.